The lowest BCUT2D eigenvalue weighted by Gasteiger charge is -2.21. The van der Waals surface area contributed by atoms with E-state index in [9.17, 15) is 43.2 Å². The van der Waals surface area contributed by atoms with Gasteiger partial charge in [0.2, 0.25) is 0 Å². The van der Waals surface area contributed by atoms with Gasteiger partial charge in [-0.25, -0.2) is 9.13 Å². The third-order valence-electron chi connectivity index (χ3n) is 19.3. The zero-order valence-corrected chi connectivity index (χ0v) is 68.1. The minimum absolute atomic E-state index is 0.0954. The number of rotatable bonds is 83. The molecular formula is C83H160O17P2. The van der Waals surface area contributed by atoms with Gasteiger partial charge in [0.15, 0.2) is 12.2 Å². The number of ether oxygens (including phenoxy) is 4. The van der Waals surface area contributed by atoms with Gasteiger partial charge in [-0.1, -0.05) is 374 Å². The second kappa shape index (κ2) is 77.0. The molecule has 0 saturated heterocycles. The van der Waals surface area contributed by atoms with Gasteiger partial charge >= 0.3 is 39.5 Å². The SMILES string of the molecule is CCCCCCCC/C=C\CCCCCCCC(=O)O[C@H](COC(=O)CCCCCCCCCCCCCCCCC)COP(=O)(O)OC[C@H](O)COP(=O)(O)OC[C@@H](COC(=O)CCCCCCCCCCCCCCCCCCC)OC(=O)CCCCCCCCCCCCCCCCC. The van der Waals surface area contributed by atoms with Crippen LogP contribution in [0.5, 0.6) is 0 Å². The number of phosphoric ester groups is 2. The normalized spacial score (nSPS) is 13.8. The molecular weight excluding hydrogens is 1330 g/mol. The molecule has 0 amide bonds. The highest BCUT2D eigenvalue weighted by Gasteiger charge is 2.30. The number of carbonyl (C=O) groups is 4. The molecule has 0 saturated carbocycles. The lowest BCUT2D eigenvalue weighted by Crippen LogP contribution is -2.30. The standard InChI is InChI=1S/C83H160O17P2/c1-5-9-13-17-21-25-29-33-37-38-42-44-48-52-56-60-64-68-81(86)94-74-79(100-83(88)70-66-62-58-54-50-46-41-36-32-28-24-20-16-12-8-4)76-98-102(91,92)96-72-77(84)71-95-101(89,90)97-75-78(99-82(87)69-65-61-57-53-49-45-40-35-31-27-23-19-15-11-7-3)73-93-80(85)67-63-59-55-51-47-43-39-34-30-26-22-18-14-10-6-2/h35,40,77-79,84H,5-34,36-39,41-76H2,1-4H3,(H,89,90)(H,91,92)/b40-35-/t77-,78+,79+/m0/s1. The van der Waals surface area contributed by atoms with Crippen LogP contribution in [0.3, 0.4) is 0 Å². The van der Waals surface area contributed by atoms with Crippen LogP contribution >= 0.6 is 15.6 Å². The first kappa shape index (κ1) is 99.8. The molecule has 604 valence electrons. The molecule has 0 bridgehead atoms. The highest BCUT2D eigenvalue weighted by molar-refractivity contribution is 7.47. The molecule has 0 heterocycles. The van der Waals surface area contributed by atoms with Crippen molar-refractivity contribution in [1.29, 1.82) is 0 Å². The van der Waals surface area contributed by atoms with Crippen molar-refractivity contribution < 1.29 is 80.2 Å². The fourth-order valence-electron chi connectivity index (χ4n) is 12.7. The van der Waals surface area contributed by atoms with Crippen LogP contribution in [-0.2, 0) is 65.4 Å². The first-order valence-electron chi connectivity index (χ1n) is 42.9. The highest BCUT2D eigenvalue weighted by atomic mass is 31.2. The van der Waals surface area contributed by atoms with Crippen LogP contribution in [-0.4, -0.2) is 96.7 Å². The Bertz CT molecular complexity index is 1980. The van der Waals surface area contributed by atoms with E-state index in [0.717, 1.165) is 103 Å². The lowest BCUT2D eigenvalue weighted by atomic mass is 10.0. The molecule has 0 aliphatic heterocycles. The number of carbonyl (C=O) groups excluding carboxylic acids is 4. The van der Waals surface area contributed by atoms with E-state index in [1.165, 1.54) is 257 Å². The molecule has 0 aliphatic carbocycles. The summed E-state index contributed by atoms with van der Waals surface area (Å²) in [6, 6.07) is 0. The first-order chi connectivity index (χ1) is 49.7. The van der Waals surface area contributed by atoms with Crippen LogP contribution in [0.2, 0.25) is 0 Å². The molecule has 0 radical (unpaired) electrons. The van der Waals surface area contributed by atoms with E-state index in [1.807, 2.05) is 0 Å². The Hall–Kier alpha value is -2.20. The van der Waals surface area contributed by atoms with Gasteiger partial charge in [-0.2, -0.15) is 0 Å². The van der Waals surface area contributed by atoms with Crippen LogP contribution < -0.4 is 0 Å². The second-order valence-electron chi connectivity index (χ2n) is 29.5. The minimum Gasteiger partial charge on any atom is -0.462 e. The van der Waals surface area contributed by atoms with Gasteiger partial charge in [-0.3, -0.25) is 37.3 Å². The number of aliphatic hydroxyl groups excluding tert-OH is 1. The van der Waals surface area contributed by atoms with E-state index < -0.39 is 97.5 Å². The number of aliphatic hydroxyl groups is 1. The summed E-state index contributed by atoms with van der Waals surface area (Å²) in [7, 11) is -9.93. The molecule has 0 spiro atoms. The number of phosphoric acid groups is 2. The van der Waals surface area contributed by atoms with Gasteiger partial charge in [0.25, 0.3) is 0 Å². The summed E-state index contributed by atoms with van der Waals surface area (Å²) >= 11 is 0. The monoisotopic (exact) mass is 1490 g/mol. The van der Waals surface area contributed by atoms with Crippen molar-refractivity contribution >= 4 is 39.5 Å². The van der Waals surface area contributed by atoms with Crippen LogP contribution in [0.1, 0.15) is 439 Å². The highest BCUT2D eigenvalue weighted by Crippen LogP contribution is 2.45. The molecule has 5 atom stereocenters. The lowest BCUT2D eigenvalue weighted by molar-refractivity contribution is -0.161. The molecule has 102 heavy (non-hydrogen) atoms. The predicted octanol–water partition coefficient (Wildman–Crippen LogP) is 25.1. The summed E-state index contributed by atoms with van der Waals surface area (Å²) in [5, 5.41) is 10.7. The van der Waals surface area contributed by atoms with E-state index in [4.69, 9.17) is 37.0 Å². The largest absolute Gasteiger partial charge is 0.472 e. The van der Waals surface area contributed by atoms with Crippen molar-refractivity contribution in [1.82, 2.24) is 0 Å². The van der Waals surface area contributed by atoms with E-state index in [1.54, 1.807) is 0 Å². The number of hydrogen-bond donors (Lipinski definition) is 3. The topological polar surface area (TPSA) is 237 Å². The molecule has 2 unspecified atom stereocenters. The minimum atomic E-state index is -4.97. The summed E-state index contributed by atoms with van der Waals surface area (Å²) < 4.78 is 68.8. The first-order valence-corrected chi connectivity index (χ1v) is 45.9. The number of hydrogen-bond acceptors (Lipinski definition) is 15. The molecule has 0 aliphatic rings. The number of allylic oxidation sites excluding steroid dienone is 2. The van der Waals surface area contributed by atoms with Gasteiger partial charge < -0.3 is 33.8 Å². The molecule has 3 N–H and O–H groups in total. The quantitative estimate of drug-likeness (QED) is 0.0169. The van der Waals surface area contributed by atoms with Gasteiger partial charge in [0, 0.05) is 25.7 Å². The maximum absolute atomic E-state index is 13.1. The Balaban J connectivity index is 5.28. The summed E-state index contributed by atoms with van der Waals surface area (Å²) in [5.74, 6) is -2.12. The van der Waals surface area contributed by atoms with E-state index >= 15 is 0 Å². The Labute approximate surface area is 625 Å². The zero-order valence-electron chi connectivity index (χ0n) is 66.3. The molecule has 17 nitrogen and oxygen atoms in total. The number of esters is 4. The third kappa shape index (κ3) is 76.0. The average Bonchev–Trinajstić information content (AvgIpc) is 2.02. The van der Waals surface area contributed by atoms with Gasteiger partial charge in [-0.15, -0.1) is 0 Å². The van der Waals surface area contributed by atoms with Crippen LogP contribution in [0, 0.1) is 0 Å². The third-order valence-corrected chi connectivity index (χ3v) is 21.2. The van der Waals surface area contributed by atoms with Crippen molar-refractivity contribution in [3.8, 4) is 0 Å². The maximum atomic E-state index is 13.1. The van der Waals surface area contributed by atoms with Crippen molar-refractivity contribution in [2.45, 2.75) is 457 Å². The van der Waals surface area contributed by atoms with Crippen molar-refractivity contribution in [3.63, 3.8) is 0 Å². The fraction of sp³-hybridized carbons (Fsp3) is 0.928. The summed E-state index contributed by atoms with van der Waals surface area (Å²) in [4.78, 5) is 73.2. The Morgan fingerprint density at radius 1 is 0.265 bits per heavy atom. The average molecular weight is 1490 g/mol. The summed E-state index contributed by atoms with van der Waals surface area (Å²) in [5.41, 5.74) is 0. The van der Waals surface area contributed by atoms with Crippen LogP contribution in [0.25, 0.3) is 0 Å². The van der Waals surface area contributed by atoms with Crippen molar-refractivity contribution in [3.05, 3.63) is 12.2 Å². The Morgan fingerprint density at radius 2 is 0.451 bits per heavy atom. The molecule has 0 aromatic heterocycles. The summed E-state index contributed by atoms with van der Waals surface area (Å²) in [6.07, 6.45) is 71.7. The van der Waals surface area contributed by atoms with Crippen molar-refractivity contribution in [2.75, 3.05) is 39.6 Å². The Morgan fingerprint density at radius 3 is 0.676 bits per heavy atom. The van der Waals surface area contributed by atoms with E-state index in [2.05, 4.69) is 39.8 Å². The van der Waals surface area contributed by atoms with E-state index in [0.29, 0.717) is 25.7 Å². The predicted molar refractivity (Wildman–Crippen MR) is 418 cm³/mol. The number of unbranched alkanes of at least 4 members (excludes halogenated alkanes) is 55. The second-order valence-corrected chi connectivity index (χ2v) is 32.4. The molecule has 19 heteroatoms. The fourth-order valence-corrected chi connectivity index (χ4v) is 14.3. The smallest absolute Gasteiger partial charge is 0.462 e. The molecule has 0 fully saturated rings. The van der Waals surface area contributed by atoms with Gasteiger partial charge in [0.05, 0.1) is 26.4 Å². The maximum Gasteiger partial charge on any atom is 0.472 e. The van der Waals surface area contributed by atoms with Crippen molar-refractivity contribution in [2.24, 2.45) is 0 Å². The Kier molecular flexibility index (Phi) is 75.3. The molecule has 0 aromatic carbocycles. The van der Waals surface area contributed by atoms with E-state index in [-0.39, 0.29) is 25.7 Å². The van der Waals surface area contributed by atoms with Crippen LogP contribution in [0.15, 0.2) is 12.2 Å². The molecule has 0 rings (SSSR count). The molecule has 0 aromatic rings. The van der Waals surface area contributed by atoms with Gasteiger partial charge in [0.1, 0.15) is 19.3 Å². The zero-order chi connectivity index (χ0) is 74.6. The summed E-state index contributed by atoms with van der Waals surface area (Å²) in [6.45, 7) is 5.02. The van der Waals surface area contributed by atoms with Crippen LogP contribution in [0.4, 0.5) is 0 Å². The van der Waals surface area contributed by atoms with Gasteiger partial charge in [-0.05, 0) is 51.4 Å².